The fourth-order valence-corrected chi connectivity index (χ4v) is 4.05. The number of rotatable bonds is 4. The van der Waals surface area contributed by atoms with E-state index in [0.29, 0.717) is 5.60 Å². The summed E-state index contributed by atoms with van der Waals surface area (Å²) < 4.78 is 6.06. The van der Waals surface area contributed by atoms with Gasteiger partial charge in [0.15, 0.2) is 0 Å². The van der Waals surface area contributed by atoms with Crippen LogP contribution in [0.25, 0.3) is 0 Å². The Labute approximate surface area is 105 Å². The van der Waals surface area contributed by atoms with Crippen LogP contribution in [0.3, 0.4) is 0 Å². The van der Waals surface area contributed by atoms with Crippen LogP contribution in [0.1, 0.15) is 52.4 Å². The van der Waals surface area contributed by atoms with Crippen molar-refractivity contribution in [1.82, 2.24) is 5.32 Å². The van der Waals surface area contributed by atoms with Gasteiger partial charge >= 0.3 is 0 Å². The van der Waals surface area contributed by atoms with Crippen molar-refractivity contribution in [3.8, 4) is 0 Å². The second-order valence-corrected chi connectivity index (χ2v) is 6.60. The molecule has 17 heavy (non-hydrogen) atoms. The highest BCUT2D eigenvalue weighted by Crippen LogP contribution is 2.49. The zero-order valence-electron chi connectivity index (χ0n) is 11.4. The highest BCUT2D eigenvalue weighted by atomic mass is 16.5. The summed E-state index contributed by atoms with van der Waals surface area (Å²) in [6, 6.07) is 0.774. The van der Waals surface area contributed by atoms with E-state index in [9.17, 15) is 0 Å². The van der Waals surface area contributed by atoms with E-state index < -0.39 is 0 Å². The minimum atomic E-state index is 0.314. The van der Waals surface area contributed by atoms with E-state index in [0.717, 1.165) is 36.9 Å². The molecule has 0 aromatic rings. The molecule has 0 aromatic heterocycles. The van der Waals surface area contributed by atoms with Gasteiger partial charge in [-0.3, -0.25) is 0 Å². The van der Waals surface area contributed by atoms with Crippen molar-refractivity contribution in [3.63, 3.8) is 0 Å². The highest BCUT2D eigenvalue weighted by molar-refractivity contribution is 5.01. The van der Waals surface area contributed by atoms with E-state index in [2.05, 4.69) is 19.2 Å². The maximum Gasteiger partial charge on any atom is 0.0685 e. The van der Waals surface area contributed by atoms with Crippen molar-refractivity contribution in [2.24, 2.45) is 17.8 Å². The van der Waals surface area contributed by atoms with Crippen molar-refractivity contribution in [3.05, 3.63) is 0 Å². The Hall–Kier alpha value is -0.0800. The molecule has 1 heterocycles. The quantitative estimate of drug-likeness (QED) is 0.811. The molecule has 3 rings (SSSR count). The zero-order valence-corrected chi connectivity index (χ0v) is 11.4. The molecule has 4 unspecified atom stereocenters. The standard InChI is InChI=1S/C15H27NO/c1-3-16-14(13-9-11(13)2)12-5-8-17-15(10-12)6-4-7-15/h11-14,16H,3-10H2,1-2H3. The van der Waals surface area contributed by atoms with Gasteiger partial charge in [-0.25, -0.2) is 0 Å². The lowest BCUT2D eigenvalue weighted by Gasteiger charge is -2.49. The van der Waals surface area contributed by atoms with Gasteiger partial charge in [0.2, 0.25) is 0 Å². The highest BCUT2D eigenvalue weighted by Gasteiger charge is 2.48. The second kappa shape index (κ2) is 4.55. The summed E-state index contributed by atoms with van der Waals surface area (Å²) in [6.07, 6.45) is 8.09. The smallest absolute Gasteiger partial charge is 0.0685 e. The maximum atomic E-state index is 6.06. The molecule has 0 aromatic carbocycles. The first-order chi connectivity index (χ1) is 8.24. The van der Waals surface area contributed by atoms with E-state index >= 15 is 0 Å². The van der Waals surface area contributed by atoms with E-state index in [-0.39, 0.29) is 0 Å². The van der Waals surface area contributed by atoms with Gasteiger partial charge in [0.25, 0.3) is 0 Å². The Bertz CT molecular complexity index is 274. The molecular weight excluding hydrogens is 210 g/mol. The Morgan fingerprint density at radius 1 is 1.41 bits per heavy atom. The largest absolute Gasteiger partial charge is 0.375 e. The molecule has 0 amide bonds. The molecule has 2 nitrogen and oxygen atoms in total. The third-order valence-corrected chi connectivity index (χ3v) is 5.38. The zero-order chi connectivity index (χ0) is 11.9. The second-order valence-electron chi connectivity index (χ2n) is 6.60. The predicted molar refractivity (Wildman–Crippen MR) is 70.0 cm³/mol. The normalized spacial score (nSPS) is 40.9. The molecule has 0 radical (unpaired) electrons. The van der Waals surface area contributed by atoms with Crippen molar-refractivity contribution in [2.45, 2.75) is 64.0 Å². The van der Waals surface area contributed by atoms with Gasteiger partial charge in [-0.1, -0.05) is 13.8 Å². The first kappa shape index (κ1) is 12.0. The van der Waals surface area contributed by atoms with E-state index in [1.165, 1.54) is 38.5 Å². The summed E-state index contributed by atoms with van der Waals surface area (Å²) >= 11 is 0. The first-order valence-electron chi connectivity index (χ1n) is 7.61. The van der Waals surface area contributed by atoms with E-state index in [1.54, 1.807) is 0 Å². The van der Waals surface area contributed by atoms with Crippen molar-refractivity contribution in [1.29, 1.82) is 0 Å². The molecule has 1 N–H and O–H groups in total. The van der Waals surface area contributed by atoms with Crippen LogP contribution in [-0.4, -0.2) is 24.8 Å². The molecular formula is C15H27NO. The average molecular weight is 237 g/mol. The first-order valence-corrected chi connectivity index (χ1v) is 7.61. The number of nitrogens with one attached hydrogen (secondary N) is 1. The van der Waals surface area contributed by atoms with Crippen LogP contribution in [0, 0.1) is 17.8 Å². The molecule has 2 saturated carbocycles. The Morgan fingerprint density at radius 2 is 2.18 bits per heavy atom. The van der Waals surface area contributed by atoms with Gasteiger partial charge in [0.05, 0.1) is 5.60 Å². The average Bonchev–Trinajstić information content (AvgIpc) is 3.01. The molecule has 1 aliphatic heterocycles. The van der Waals surface area contributed by atoms with Crippen LogP contribution in [0.2, 0.25) is 0 Å². The third-order valence-electron chi connectivity index (χ3n) is 5.38. The molecule has 3 fully saturated rings. The SMILES string of the molecule is CCNC(C1CCOC2(CCC2)C1)C1CC1C. The summed E-state index contributed by atoms with van der Waals surface area (Å²) in [7, 11) is 0. The summed E-state index contributed by atoms with van der Waals surface area (Å²) in [5, 5.41) is 3.78. The number of hydrogen-bond donors (Lipinski definition) is 1. The van der Waals surface area contributed by atoms with E-state index in [4.69, 9.17) is 4.74 Å². The van der Waals surface area contributed by atoms with Gasteiger partial charge in [0, 0.05) is 12.6 Å². The van der Waals surface area contributed by atoms with Crippen molar-refractivity contribution >= 4 is 0 Å². The summed E-state index contributed by atoms with van der Waals surface area (Å²) in [5.74, 6) is 2.79. The number of hydrogen-bond acceptors (Lipinski definition) is 2. The van der Waals surface area contributed by atoms with Crippen LogP contribution in [0.15, 0.2) is 0 Å². The fraction of sp³-hybridized carbons (Fsp3) is 1.00. The van der Waals surface area contributed by atoms with Crippen LogP contribution < -0.4 is 5.32 Å². The summed E-state index contributed by atoms with van der Waals surface area (Å²) in [6.45, 7) is 6.79. The van der Waals surface area contributed by atoms with Crippen LogP contribution >= 0.6 is 0 Å². The lowest BCUT2D eigenvalue weighted by atomic mass is 9.70. The Balaban J connectivity index is 1.64. The minimum absolute atomic E-state index is 0.314. The van der Waals surface area contributed by atoms with Gasteiger partial charge in [-0.2, -0.15) is 0 Å². The summed E-state index contributed by atoms with van der Waals surface area (Å²) in [4.78, 5) is 0. The molecule has 1 saturated heterocycles. The Morgan fingerprint density at radius 3 is 2.71 bits per heavy atom. The molecule has 0 bridgehead atoms. The lowest BCUT2D eigenvalue weighted by Crippen LogP contribution is -2.51. The van der Waals surface area contributed by atoms with Crippen molar-refractivity contribution in [2.75, 3.05) is 13.2 Å². The maximum absolute atomic E-state index is 6.06. The van der Waals surface area contributed by atoms with Gasteiger partial charge < -0.3 is 10.1 Å². The van der Waals surface area contributed by atoms with Gasteiger partial charge in [-0.15, -0.1) is 0 Å². The van der Waals surface area contributed by atoms with Gasteiger partial charge in [-0.05, 0) is 62.8 Å². The number of ether oxygens (including phenoxy) is 1. The predicted octanol–water partition coefficient (Wildman–Crippen LogP) is 2.97. The molecule has 1 spiro atoms. The molecule has 4 atom stereocenters. The van der Waals surface area contributed by atoms with E-state index in [1.807, 2.05) is 0 Å². The van der Waals surface area contributed by atoms with Crippen LogP contribution in [-0.2, 0) is 4.74 Å². The fourth-order valence-electron chi connectivity index (χ4n) is 4.05. The van der Waals surface area contributed by atoms with Crippen LogP contribution in [0.5, 0.6) is 0 Å². The topological polar surface area (TPSA) is 21.3 Å². The molecule has 2 heteroatoms. The lowest BCUT2D eigenvalue weighted by molar-refractivity contribution is -0.148. The van der Waals surface area contributed by atoms with Crippen molar-refractivity contribution < 1.29 is 4.74 Å². The van der Waals surface area contributed by atoms with Crippen LogP contribution in [0.4, 0.5) is 0 Å². The monoisotopic (exact) mass is 237 g/mol. The molecule has 2 aliphatic carbocycles. The Kier molecular flexibility index (Phi) is 3.20. The minimum Gasteiger partial charge on any atom is -0.375 e. The molecule has 98 valence electrons. The third kappa shape index (κ3) is 2.26. The summed E-state index contributed by atoms with van der Waals surface area (Å²) in [5.41, 5.74) is 0.314. The molecule has 3 aliphatic rings. The van der Waals surface area contributed by atoms with Gasteiger partial charge in [0.1, 0.15) is 0 Å².